The van der Waals surface area contributed by atoms with E-state index in [2.05, 4.69) is 13.2 Å². The van der Waals surface area contributed by atoms with E-state index in [1.54, 1.807) is 19.9 Å². The Hall–Kier alpha value is -1.10. The molecule has 0 aromatic rings. The topological polar surface area (TPSA) is 140 Å². The van der Waals surface area contributed by atoms with Crippen LogP contribution < -0.4 is 0 Å². The van der Waals surface area contributed by atoms with E-state index in [0.29, 0.717) is 18.4 Å². The summed E-state index contributed by atoms with van der Waals surface area (Å²) >= 11 is 0. The largest absolute Gasteiger partial charge is 0.394 e. The Labute approximate surface area is 172 Å². The van der Waals surface area contributed by atoms with Gasteiger partial charge in [0.15, 0.2) is 6.29 Å². The first-order valence-electron chi connectivity index (χ1n) is 9.74. The van der Waals surface area contributed by atoms with Gasteiger partial charge in [0, 0.05) is 6.42 Å². The van der Waals surface area contributed by atoms with Crippen LogP contribution in [0.3, 0.4) is 0 Å². The maximum absolute atomic E-state index is 10.4. The SMILES string of the molecule is C=CC(C)(O)C[C@@H](/C=C(\C)CC[C@@H](O)C(=C)C)O[C@@H]1O[C@H](CO)[C@@H](O)[C@H](O)[C@H]1O. The van der Waals surface area contributed by atoms with E-state index in [0.717, 1.165) is 5.57 Å². The Morgan fingerprint density at radius 1 is 1.21 bits per heavy atom. The van der Waals surface area contributed by atoms with Crippen molar-refractivity contribution in [1.29, 1.82) is 0 Å². The van der Waals surface area contributed by atoms with Crippen LogP contribution in [-0.4, -0.2) is 85.8 Å². The molecule has 1 fully saturated rings. The minimum atomic E-state index is -1.55. The zero-order valence-corrected chi connectivity index (χ0v) is 17.4. The van der Waals surface area contributed by atoms with Crippen molar-refractivity contribution in [3.05, 3.63) is 36.5 Å². The predicted octanol–water partition coefficient (Wildman–Crippen LogP) is 0.162. The van der Waals surface area contributed by atoms with Crippen LogP contribution in [0.5, 0.6) is 0 Å². The van der Waals surface area contributed by atoms with Gasteiger partial charge in [0.1, 0.15) is 24.4 Å². The molecule has 8 nitrogen and oxygen atoms in total. The van der Waals surface area contributed by atoms with E-state index in [4.69, 9.17) is 9.47 Å². The van der Waals surface area contributed by atoms with Crippen molar-refractivity contribution >= 4 is 0 Å². The van der Waals surface area contributed by atoms with Crippen LogP contribution in [0.2, 0.25) is 0 Å². The predicted molar refractivity (Wildman–Crippen MR) is 108 cm³/mol. The number of hydrogen-bond acceptors (Lipinski definition) is 8. The van der Waals surface area contributed by atoms with Gasteiger partial charge in [-0.3, -0.25) is 0 Å². The zero-order chi connectivity index (χ0) is 22.4. The molecule has 1 aliphatic rings. The van der Waals surface area contributed by atoms with E-state index in [-0.39, 0.29) is 6.42 Å². The number of hydrogen-bond donors (Lipinski definition) is 6. The second kappa shape index (κ2) is 11.3. The average molecular weight is 417 g/mol. The van der Waals surface area contributed by atoms with Gasteiger partial charge in [-0.2, -0.15) is 0 Å². The lowest BCUT2D eigenvalue weighted by Gasteiger charge is -2.41. The highest BCUT2D eigenvalue weighted by molar-refractivity contribution is 5.08. The molecule has 1 heterocycles. The van der Waals surface area contributed by atoms with Gasteiger partial charge in [0.25, 0.3) is 0 Å². The fourth-order valence-corrected chi connectivity index (χ4v) is 3.00. The molecule has 0 amide bonds. The Morgan fingerprint density at radius 3 is 2.34 bits per heavy atom. The van der Waals surface area contributed by atoms with Crippen molar-refractivity contribution in [1.82, 2.24) is 0 Å². The molecule has 0 aliphatic carbocycles. The molecule has 1 aliphatic heterocycles. The highest BCUT2D eigenvalue weighted by Crippen LogP contribution is 2.27. The quantitative estimate of drug-likeness (QED) is 0.262. The second-order valence-electron chi connectivity index (χ2n) is 8.05. The fourth-order valence-electron chi connectivity index (χ4n) is 3.00. The van der Waals surface area contributed by atoms with Gasteiger partial charge in [0.2, 0.25) is 0 Å². The Morgan fingerprint density at radius 2 is 1.83 bits per heavy atom. The van der Waals surface area contributed by atoms with E-state index in [1.807, 2.05) is 6.92 Å². The lowest BCUT2D eigenvalue weighted by molar-refractivity contribution is -0.309. The Kier molecular flexibility index (Phi) is 10.1. The van der Waals surface area contributed by atoms with E-state index in [1.165, 1.54) is 6.08 Å². The van der Waals surface area contributed by atoms with E-state index in [9.17, 15) is 30.6 Å². The third-order valence-corrected chi connectivity index (χ3v) is 5.06. The lowest BCUT2D eigenvalue weighted by atomic mass is 9.95. The van der Waals surface area contributed by atoms with Crippen LogP contribution in [0.25, 0.3) is 0 Å². The van der Waals surface area contributed by atoms with Gasteiger partial charge in [-0.05, 0) is 33.6 Å². The number of rotatable bonds is 11. The summed E-state index contributed by atoms with van der Waals surface area (Å²) in [6, 6.07) is 0. The van der Waals surface area contributed by atoms with Crippen LogP contribution in [0.4, 0.5) is 0 Å². The summed E-state index contributed by atoms with van der Waals surface area (Å²) in [5.41, 5.74) is 0.272. The van der Waals surface area contributed by atoms with Crippen LogP contribution in [0.1, 0.15) is 40.0 Å². The first-order valence-corrected chi connectivity index (χ1v) is 9.74. The Bertz CT molecular complexity index is 571. The van der Waals surface area contributed by atoms with Crippen LogP contribution in [-0.2, 0) is 9.47 Å². The van der Waals surface area contributed by atoms with Crippen molar-refractivity contribution in [2.24, 2.45) is 0 Å². The molecule has 0 bridgehead atoms. The van der Waals surface area contributed by atoms with Gasteiger partial charge in [0.05, 0.1) is 24.4 Å². The highest BCUT2D eigenvalue weighted by atomic mass is 16.7. The first kappa shape index (κ1) is 25.9. The molecule has 168 valence electrons. The molecule has 0 saturated carbocycles. The Balaban J connectivity index is 2.95. The van der Waals surface area contributed by atoms with E-state index < -0.39 is 55.1 Å². The lowest BCUT2D eigenvalue weighted by Crippen LogP contribution is -2.59. The van der Waals surface area contributed by atoms with Gasteiger partial charge in [-0.15, -0.1) is 6.58 Å². The fraction of sp³-hybridized carbons (Fsp3) is 0.714. The molecular weight excluding hydrogens is 380 g/mol. The van der Waals surface area contributed by atoms with Gasteiger partial charge in [-0.1, -0.05) is 29.9 Å². The molecule has 29 heavy (non-hydrogen) atoms. The standard InChI is InChI=1S/C21H36O8/c1-6-21(5,27)10-14(9-13(4)7-8-15(23)12(2)3)28-20-19(26)18(25)17(24)16(11-22)29-20/h6,9,14-20,22-27H,1-2,7-8,10-11H2,3-5H3/b13-9+/t14-,15-,16-,17-,18+,19-,20-,21?/m1/s1. The molecule has 0 aromatic heterocycles. The molecule has 1 unspecified atom stereocenters. The van der Waals surface area contributed by atoms with Gasteiger partial charge < -0.3 is 40.1 Å². The summed E-state index contributed by atoms with van der Waals surface area (Å²) in [4.78, 5) is 0. The summed E-state index contributed by atoms with van der Waals surface area (Å²) < 4.78 is 11.2. The van der Waals surface area contributed by atoms with Crippen LogP contribution in [0, 0.1) is 0 Å². The minimum absolute atomic E-state index is 0.0892. The van der Waals surface area contributed by atoms with Crippen LogP contribution >= 0.6 is 0 Å². The second-order valence-corrected chi connectivity index (χ2v) is 8.05. The van der Waals surface area contributed by atoms with Gasteiger partial charge in [-0.25, -0.2) is 0 Å². The maximum atomic E-state index is 10.4. The molecule has 6 N–H and O–H groups in total. The molecule has 8 heteroatoms. The third-order valence-electron chi connectivity index (χ3n) is 5.06. The van der Waals surface area contributed by atoms with Crippen molar-refractivity contribution < 1.29 is 40.1 Å². The number of aliphatic hydroxyl groups is 6. The van der Waals surface area contributed by atoms with Crippen molar-refractivity contribution in [3.63, 3.8) is 0 Å². The summed E-state index contributed by atoms with van der Waals surface area (Å²) in [6.45, 7) is 11.9. The summed E-state index contributed by atoms with van der Waals surface area (Å²) in [5.74, 6) is 0. The summed E-state index contributed by atoms with van der Waals surface area (Å²) in [6.07, 6.45) is -4.11. The van der Waals surface area contributed by atoms with E-state index >= 15 is 0 Å². The molecule has 0 aromatic carbocycles. The zero-order valence-electron chi connectivity index (χ0n) is 17.4. The molecular formula is C21H36O8. The highest BCUT2D eigenvalue weighted by Gasteiger charge is 2.45. The van der Waals surface area contributed by atoms with Crippen molar-refractivity contribution in [3.8, 4) is 0 Å². The van der Waals surface area contributed by atoms with Gasteiger partial charge >= 0.3 is 0 Å². The molecule has 1 saturated heterocycles. The summed E-state index contributed by atoms with van der Waals surface area (Å²) in [7, 11) is 0. The molecule has 0 spiro atoms. The first-order chi connectivity index (χ1) is 13.4. The smallest absolute Gasteiger partial charge is 0.187 e. The number of allylic oxidation sites excluding steroid dienone is 1. The number of ether oxygens (including phenoxy) is 2. The summed E-state index contributed by atoms with van der Waals surface area (Å²) in [5, 5.41) is 59.7. The van der Waals surface area contributed by atoms with Crippen molar-refractivity contribution in [2.75, 3.05) is 6.61 Å². The molecule has 8 atom stereocenters. The minimum Gasteiger partial charge on any atom is -0.394 e. The average Bonchev–Trinajstić information content (AvgIpc) is 2.65. The molecule has 0 radical (unpaired) electrons. The maximum Gasteiger partial charge on any atom is 0.187 e. The van der Waals surface area contributed by atoms with Crippen molar-refractivity contribution in [2.45, 2.75) is 88.5 Å². The normalized spacial score (nSPS) is 32.3. The van der Waals surface area contributed by atoms with Crippen LogP contribution in [0.15, 0.2) is 36.5 Å². The molecule has 1 rings (SSSR count). The third kappa shape index (κ3) is 7.92. The number of aliphatic hydroxyl groups excluding tert-OH is 5. The monoisotopic (exact) mass is 416 g/mol.